The number of carboxylic acid groups (broad SMARTS) is 1. The number of rotatable bonds is 6. The first kappa shape index (κ1) is 17.5. The molecule has 0 saturated carbocycles. The van der Waals surface area contributed by atoms with Crippen molar-refractivity contribution < 1.29 is 19.4 Å². The summed E-state index contributed by atoms with van der Waals surface area (Å²) in [6.07, 6.45) is 2.89. The second kappa shape index (κ2) is 8.02. The van der Waals surface area contributed by atoms with Crippen molar-refractivity contribution >= 4 is 17.8 Å². The minimum atomic E-state index is -1.03. The minimum Gasteiger partial charge on any atom is -0.493 e. The number of carboxylic acids is 1. The lowest BCUT2D eigenvalue weighted by molar-refractivity contribution is -0.132. The van der Waals surface area contributed by atoms with Crippen molar-refractivity contribution in [1.29, 1.82) is 0 Å². The molecule has 0 aliphatic carbocycles. The highest BCUT2D eigenvalue weighted by Crippen LogP contribution is 2.34. The highest BCUT2D eigenvalue weighted by atomic mass is 16.5. The van der Waals surface area contributed by atoms with Gasteiger partial charge in [-0.05, 0) is 44.0 Å². The average Bonchev–Trinajstić information content (AvgIpc) is 2.50. The van der Waals surface area contributed by atoms with Crippen LogP contribution < -0.4 is 9.47 Å². The Morgan fingerprint density at radius 3 is 2.27 bits per heavy atom. The van der Waals surface area contributed by atoms with Gasteiger partial charge >= 0.3 is 5.97 Å². The third-order valence-electron chi connectivity index (χ3n) is 3.02. The fourth-order valence-corrected chi connectivity index (χ4v) is 2.08. The van der Waals surface area contributed by atoms with E-state index in [1.54, 1.807) is 45.6 Å². The molecule has 1 rings (SSSR count). The van der Waals surface area contributed by atoms with Gasteiger partial charge in [-0.1, -0.05) is 11.6 Å². The van der Waals surface area contributed by atoms with Crippen LogP contribution in [-0.4, -0.2) is 31.5 Å². The molecule has 0 atom stereocenters. The van der Waals surface area contributed by atoms with Crippen molar-refractivity contribution in [1.82, 2.24) is 0 Å². The molecule has 0 amide bonds. The first-order chi connectivity index (χ1) is 10.5. The number of ether oxygens (including phenoxy) is 2. The average molecular weight is 303 g/mol. The van der Waals surface area contributed by atoms with E-state index in [0.29, 0.717) is 17.1 Å². The maximum atomic E-state index is 11.6. The Hall–Kier alpha value is -2.56. The zero-order valence-corrected chi connectivity index (χ0v) is 13.5. The number of aliphatic carboxylic acids is 1. The van der Waals surface area contributed by atoms with E-state index in [1.165, 1.54) is 6.20 Å². The highest BCUT2D eigenvalue weighted by Gasteiger charge is 2.18. The number of hydrogen-bond acceptors (Lipinski definition) is 4. The molecular formula is C17H21NO4. The summed E-state index contributed by atoms with van der Waals surface area (Å²) in [4.78, 5) is 15.5. The lowest BCUT2D eigenvalue weighted by Gasteiger charge is -2.14. The Balaban J connectivity index is 3.51. The topological polar surface area (TPSA) is 68.1 Å². The van der Waals surface area contributed by atoms with Crippen molar-refractivity contribution in [2.75, 3.05) is 14.2 Å². The number of methoxy groups -OCH3 is 2. The quantitative estimate of drug-likeness (QED) is 0.495. The number of carbonyl (C=O) groups is 1. The third kappa shape index (κ3) is 3.97. The van der Waals surface area contributed by atoms with Gasteiger partial charge in [0.15, 0.2) is 11.5 Å². The summed E-state index contributed by atoms with van der Waals surface area (Å²) in [5, 5.41) is 9.48. The van der Waals surface area contributed by atoms with Crippen LogP contribution >= 0.6 is 0 Å². The molecule has 1 N–H and O–H groups in total. The van der Waals surface area contributed by atoms with E-state index in [9.17, 15) is 9.90 Å². The Kier molecular flexibility index (Phi) is 6.38. The maximum Gasteiger partial charge on any atom is 0.337 e. The molecule has 0 aliphatic rings. The Bertz CT molecular complexity index is 638. The first-order valence-corrected chi connectivity index (χ1v) is 6.77. The predicted octanol–water partition coefficient (Wildman–Crippen LogP) is 3.56. The molecule has 0 heterocycles. The fraction of sp³-hybridized carbons (Fsp3) is 0.294. The maximum absolute atomic E-state index is 11.6. The van der Waals surface area contributed by atoms with E-state index in [0.717, 1.165) is 11.1 Å². The van der Waals surface area contributed by atoms with Gasteiger partial charge in [-0.3, -0.25) is 4.99 Å². The summed E-state index contributed by atoms with van der Waals surface area (Å²) < 4.78 is 10.5. The van der Waals surface area contributed by atoms with Crippen LogP contribution in [0.2, 0.25) is 0 Å². The Labute approximate surface area is 130 Å². The van der Waals surface area contributed by atoms with Gasteiger partial charge < -0.3 is 14.6 Å². The van der Waals surface area contributed by atoms with E-state index in [2.05, 4.69) is 4.99 Å². The number of allylic oxidation sites excluding steroid dienone is 1. The summed E-state index contributed by atoms with van der Waals surface area (Å²) in [6, 6.07) is 5.31. The van der Waals surface area contributed by atoms with Gasteiger partial charge in [0.1, 0.15) is 0 Å². The van der Waals surface area contributed by atoms with Crippen LogP contribution in [0, 0.1) is 0 Å². The Morgan fingerprint density at radius 2 is 1.82 bits per heavy atom. The molecule has 0 spiro atoms. The standard InChI is InChI=1S/C17H21NO4/c1-6-18-10-13(17(19)20)16(11(2)3)12-7-8-14(21-4)15(9-12)22-5/h6-10H,1-5H3,(H,19,20)/b13-10+,18-6?. The summed E-state index contributed by atoms with van der Waals surface area (Å²) in [5.41, 5.74) is 2.34. The molecule has 0 unspecified atom stereocenters. The lowest BCUT2D eigenvalue weighted by Crippen LogP contribution is -2.05. The zero-order chi connectivity index (χ0) is 16.7. The predicted molar refractivity (Wildman–Crippen MR) is 87.7 cm³/mol. The van der Waals surface area contributed by atoms with Crippen LogP contribution in [0.5, 0.6) is 11.5 Å². The fourth-order valence-electron chi connectivity index (χ4n) is 2.08. The smallest absolute Gasteiger partial charge is 0.337 e. The van der Waals surface area contributed by atoms with E-state index >= 15 is 0 Å². The van der Waals surface area contributed by atoms with Crippen molar-refractivity contribution in [2.45, 2.75) is 20.8 Å². The molecule has 5 heteroatoms. The van der Waals surface area contributed by atoms with E-state index in [4.69, 9.17) is 9.47 Å². The first-order valence-electron chi connectivity index (χ1n) is 6.77. The van der Waals surface area contributed by atoms with Crippen LogP contribution in [0.1, 0.15) is 26.3 Å². The molecule has 0 aromatic heterocycles. The molecule has 1 aromatic carbocycles. The molecule has 1 aromatic rings. The second-order valence-corrected chi connectivity index (χ2v) is 4.70. The third-order valence-corrected chi connectivity index (χ3v) is 3.02. The molecule has 0 radical (unpaired) electrons. The van der Waals surface area contributed by atoms with Gasteiger partial charge in [0.05, 0.1) is 19.8 Å². The molecule has 118 valence electrons. The molecule has 0 fully saturated rings. The number of benzene rings is 1. The number of hydrogen-bond donors (Lipinski definition) is 1. The van der Waals surface area contributed by atoms with E-state index in [-0.39, 0.29) is 5.57 Å². The Morgan fingerprint density at radius 1 is 1.18 bits per heavy atom. The van der Waals surface area contributed by atoms with Gasteiger partial charge in [-0.15, -0.1) is 0 Å². The van der Waals surface area contributed by atoms with Gasteiger partial charge in [0.25, 0.3) is 0 Å². The molecule has 0 saturated heterocycles. The van der Waals surface area contributed by atoms with Crippen LogP contribution in [0.3, 0.4) is 0 Å². The number of nitrogens with zero attached hydrogens (tertiary/aromatic N) is 1. The molecule has 22 heavy (non-hydrogen) atoms. The SMILES string of the molecule is CC=N/C=C(/C(=O)O)C(=C(C)C)c1ccc(OC)c(OC)c1. The van der Waals surface area contributed by atoms with Crippen LogP contribution in [-0.2, 0) is 4.79 Å². The second-order valence-electron chi connectivity index (χ2n) is 4.70. The molecule has 5 nitrogen and oxygen atoms in total. The highest BCUT2D eigenvalue weighted by molar-refractivity contribution is 6.06. The van der Waals surface area contributed by atoms with Crippen LogP contribution in [0.25, 0.3) is 5.57 Å². The summed E-state index contributed by atoms with van der Waals surface area (Å²) >= 11 is 0. The van der Waals surface area contributed by atoms with Gasteiger partial charge in [0, 0.05) is 12.4 Å². The van der Waals surface area contributed by atoms with Gasteiger partial charge in [-0.25, -0.2) is 4.79 Å². The summed E-state index contributed by atoms with van der Waals surface area (Å²) in [6.45, 7) is 5.45. The summed E-state index contributed by atoms with van der Waals surface area (Å²) in [7, 11) is 3.09. The van der Waals surface area contributed by atoms with Crippen LogP contribution in [0.4, 0.5) is 0 Å². The normalized spacial score (nSPS) is 11.4. The minimum absolute atomic E-state index is 0.130. The number of aliphatic imine (C=N–C) groups is 1. The van der Waals surface area contributed by atoms with Gasteiger partial charge in [-0.2, -0.15) is 0 Å². The van der Waals surface area contributed by atoms with E-state index in [1.807, 2.05) is 13.8 Å². The molecule has 0 aliphatic heterocycles. The van der Waals surface area contributed by atoms with E-state index < -0.39 is 5.97 Å². The monoisotopic (exact) mass is 303 g/mol. The summed E-state index contributed by atoms with van der Waals surface area (Å²) in [5.74, 6) is 0.103. The largest absolute Gasteiger partial charge is 0.493 e. The van der Waals surface area contributed by atoms with Crippen molar-refractivity contribution in [3.8, 4) is 11.5 Å². The molecule has 0 bridgehead atoms. The van der Waals surface area contributed by atoms with Crippen molar-refractivity contribution in [2.24, 2.45) is 4.99 Å². The van der Waals surface area contributed by atoms with Gasteiger partial charge in [0.2, 0.25) is 0 Å². The lowest BCUT2D eigenvalue weighted by atomic mass is 9.94. The van der Waals surface area contributed by atoms with Crippen molar-refractivity contribution in [3.05, 3.63) is 41.1 Å². The zero-order valence-electron chi connectivity index (χ0n) is 13.5. The van der Waals surface area contributed by atoms with Crippen molar-refractivity contribution in [3.63, 3.8) is 0 Å². The molecular weight excluding hydrogens is 282 g/mol. The van der Waals surface area contributed by atoms with Crippen LogP contribution in [0.15, 0.2) is 40.5 Å².